The monoisotopic (exact) mass is 364 g/mol. The van der Waals surface area contributed by atoms with Crippen molar-refractivity contribution < 1.29 is 24.2 Å². The fraction of sp³-hybridized carbons (Fsp3) is 0.769. The lowest BCUT2D eigenvalue weighted by Crippen LogP contribution is -2.56. The third-order valence-corrected chi connectivity index (χ3v) is 4.04. The minimum atomic E-state index is -1.05. The molecule has 0 aromatic carbocycles. The molecule has 1 fully saturated rings. The van der Waals surface area contributed by atoms with E-state index in [1.165, 1.54) is 12.0 Å². The average molecular weight is 365 g/mol. The molecule has 0 saturated carbocycles. The second-order valence-corrected chi connectivity index (χ2v) is 7.41. The molecule has 0 radical (unpaired) electrons. The van der Waals surface area contributed by atoms with Crippen LogP contribution in [0.3, 0.4) is 0 Å². The van der Waals surface area contributed by atoms with E-state index in [1.54, 1.807) is 20.8 Å². The number of rotatable bonds is 3. The highest BCUT2D eigenvalue weighted by Crippen LogP contribution is 2.28. The number of nitrogens with zero attached hydrogens (tertiary/aromatic N) is 1. The highest BCUT2D eigenvalue weighted by Gasteiger charge is 2.44. The molecule has 120 valence electrons. The van der Waals surface area contributed by atoms with Crippen LogP contribution < -0.4 is 5.32 Å². The van der Waals surface area contributed by atoms with Gasteiger partial charge in [0, 0.05) is 11.4 Å². The largest absolute Gasteiger partial charge is 0.480 e. The summed E-state index contributed by atoms with van der Waals surface area (Å²) in [5.74, 6) is -1.46. The molecule has 0 aromatic heterocycles. The van der Waals surface area contributed by atoms with Crippen LogP contribution in [-0.2, 0) is 14.3 Å². The number of halogens is 1. The number of carbonyl (C=O) groups excluding carboxylic acids is 2. The summed E-state index contributed by atoms with van der Waals surface area (Å²) in [4.78, 5) is 36.6. The van der Waals surface area contributed by atoms with Crippen molar-refractivity contribution in [1.82, 2.24) is 10.2 Å². The van der Waals surface area contributed by atoms with E-state index in [2.05, 4.69) is 26.0 Å². The zero-order chi connectivity index (χ0) is 16.4. The van der Waals surface area contributed by atoms with Gasteiger partial charge in [-0.05, 0) is 11.8 Å². The second kappa shape index (κ2) is 6.64. The first-order chi connectivity index (χ1) is 9.57. The number of amides is 2. The number of carbonyl (C=O) groups is 3. The van der Waals surface area contributed by atoms with Crippen LogP contribution in [0.15, 0.2) is 0 Å². The topological polar surface area (TPSA) is 95.9 Å². The standard InChI is InChI=1S/C13H21BrN2O5/c1-13(2,3)9(15-12(20)21-4)10(17)16-6-7(14)5-8(16)11(18)19/h7-9H,5-6H2,1-4H3,(H,15,20)(H,18,19)/t7?,8-,9+/m0/s1. The molecular formula is C13H21BrN2O5. The molecule has 3 atom stereocenters. The summed E-state index contributed by atoms with van der Waals surface area (Å²) in [6, 6.07) is -1.74. The molecule has 1 heterocycles. The Bertz CT molecular complexity index is 435. The first-order valence-corrected chi connectivity index (χ1v) is 7.51. The molecule has 21 heavy (non-hydrogen) atoms. The van der Waals surface area contributed by atoms with E-state index in [9.17, 15) is 19.5 Å². The Morgan fingerprint density at radius 3 is 2.38 bits per heavy atom. The maximum Gasteiger partial charge on any atom is 0.407 e. The van der Waals surface area contributed by atoms with Crippen molar-refractivity contribution in [3.05, 3.63) is 0 Å². The summed E-state index contributed by atoms with van der Waals surface area (Å²) < 4.78 is 4.54. The smallest absolute Gasteiger partial charge is 0.407 e. The molecule has 8 heteroatoms. The Balaban J connectivity index is 2.99. The SMILES string of the molecule is COC(=O)N[C@H](C(=O)N1CC(Br)C[C@H]1C(=O)O)C(C)(C)C. The van der Waals surface area contributed by atoms with Crippen LogP contribution in [0.2, 0.25) is 0 Å². The van der Waals surface area contributed by atoms with Crippen LogP contribution in [-0.4, -0.2) is 58.5 Å². The lowest BCUT2D eigenvalue weighted by molar-refractivity contribution is -0.150. The van der Waals surface area contributed by atoms with Gasteiger partial charge >= 0.3 is 12.1 Å². The number of nitrogens with one attached hydrogen (secondary N) is 1. The van der Waals surface area contributed by atoms with Gasteiger partial charge in [-0.1, -0.05) is 36.7 Å². The number of ether oxygens (including phenoxy) is 1. The molecule has 0 spiro atoms. The fourth-order valence-corrected chi connectivity index (χ4v) is 2.92. The van der Waals surface area contributed by atoms with Gasteiger partial charge in [-0.2, -0.15) is 0 Å². The molecule has 0 aromatic rings. The molecule has 1 rings (SSSR count). The maximum absolute atomic E-state index is 12.7. The van der Waals surface area contributed by atoms with Gasteiger partial charge in [0.1, 0.15) is 12.1 Å². The quantitative estimate of drug-likeness (QED) is 0.733. The van der Waals surface area contributed by atoms with Crippen LogP contribution in [0.5, 0.6) is 0 Å². The van der Waals surface area contributed by atoms with E-state index in [1.807, 2.05) is 0 Å². The van der Waals surface area contributed by atoms with Gasteiger partial charge in [0.25, 0.3) is 0 Å². The van der Waals surface area contributed by atoms with Crippen LogP contribution in [0.25, 0.3) is 0 Å². The first kappa shape index (κ1) is 17.7. The number of hydrogen-bond donors (Lipinski definition) is 2. The Morgan fingerprint density at radius 1 is 1.38 bits per heavy atom. The third-order valence-electron chi connectivity index (χ3n) is 3.38. The Kier molecular flexibility index (Phi) is 5.61. The normalized spacial score (nSPS) is 23.6. The molecule has 1 aliphatic rings. The van der Waals surface area contributed by atoms with Gasteiger partial charge in [0.05, 0.1) is 7.11 Å². The lowest BCUT2D eigenvalue weighted by Gasteiger charge is -2.34. The molecule has 1 aliphatic heterocycles. The molecule has 2 N–H and O–H groups in total. The van der Waals surface area contributed by atoms with Crippen molar-refractivity contribution >= 4 is 33.9 Å². The summed E-state index contributed by atoms with van der Waals surface area (Å²) in [7, 11) is 1.21. The van der Waals surface area contributed by atoms with E-state index in [0.717, 1.165) is 0 Å². The maximum atomic E-state index is 12.7. The number of methoxy groups -OCH3 is 1. The summed E-state index contributed by atoms with van der Waals surface area (Å²) in [5.41, 5.74) is -0.571. The van der Waals surface area contributed by atoms with Gasteiger partial charge in [0.15, 0.2) is 0 Å². The number of carboxylic acid groups (broad SMARTS) is 1. The predicted molar refractivity (Wildman–Crippen MR) is 79.3 cm³/mol. The van der Waals surface area contributed by atoms with Crippen molar-refractivity contribution in [1.29, 1.82) is 0 Å². The fourth-order valence-electron chi connectivity index (χ4n) is 2.25. The van der Waals surface area contributed by atoms with Crippen molar-refractivity contribution in [2.45, 2.75) is 44.1 Å². The highest BCUT2D eigenvalue weighted by molar-refractivity contribution is 9.09. The van der Waals surface area contributed by atoms with Crippen LogP contribution in [0, 0.1) is 5.41 Å². The van der Waals surface area contributed by atoms with Gasteiger partial charge in [0.2, 0.25) is 5.91 Å². The zero-order valence-corrected chi connectivity index (χ0v) is 14.1. The van der Waals surface area contributed by atoms with Crippen molar-refractivity contribution in [2.75, 3.05) is 13.7 Å². The van der Waals surface area contributed by atoms with Crippen molar-refractivity contribution in [2.24, 2.45) is 5.41 Å². The zero-order valence-electron chi connectivity index (χ0n) is 12.6. The lowest BCUT2D eigenvalue weighted by atomic mass is 9.85. The summed E-state index contributed by atoms with van der Waals surface area (Å²) >= 11 is 3.35. The number of carboxylic acids is 1. The van der Waals surface area contributed by atoms with Crippen LogP contribution >= 0.6 is 15.9 Å². The van der Waals surface area contributed by atoms with Gasteiger partial charge in [-0.25, -0.2) is 9.59 Å². The van der Waals surface area contributed by atoms with Gasteiger partial charge in [-0.15, -0.1) is 0 Å². The second-order valence-electron chi connectivity index (χ2n) is 6.11. The average Bonchev–Trinajstić information content (AvgIpc) is 2.75. The highest BCUT2D eigenvalue weighted by atomic mass is 79.9. The van der Waals surface area contributed by atoms with Gasteiger partial charge in [-0.3, -0.25) is 4.79 Å². The van der Waals surface area contributed by atoms with E-state index >= 15 is 0 Å². The van der Waals surface area contributed by atoms with Crippen molar-refractivity contribution in [3.8, 4) is 0 Å². The first-order valence-electron chi connectivity index (χ1n) is 6.59. The minimum absolute atomic E-state index is 0.0682. The summed E-state index contributed by atoms with van der Waals surface area (Å²) in [5, 5.41) is 11.7. The van der Waals surface area contributed by atoms with Crippen molar-refractivity contribution in [3.63, 3.8) is 0 Å². The summed E-state index contributed by atoms with van der Waals surface area (Å²) in [6.07, 6.45) is -0.374. The minimum Gasteiger partial charge on any atom is -0.480 e. The Hall–Kier alpha value is -1.31. The van der Waals surface area contributed by atoms with Crippen LogP contribution in [0.4, 0.5) is 4.79 Å². The molecular weight excluding hydrogens is 344 g/mol. The number of alkyl halides is 1. The third kappa shape index (κ3) is 4.33. The molecule has 0 bridgehead atoms. The number of alkyl carbamates (subject to hydrolysis) is 1. The molecule has 1 saturated heterocycles. The molecule has 2 amide bonds. The predicted octanol–water partition coefficient (Wildman–Crippen LogP) is 1.21. The number of aliphatic carboxylic acids is 1. The number of likely N-dealkylation sites (tertiary alicyclic amines) is 1. The van der Waals surface area contributed by atoms with E-state index in [0.29, 0.717) is 13.0 Å². The number of hydrogen-bond acceptors (Lipinski definition) is 4. The van der Waals surface area contributed by atoms with E-state index < -0.39 is 35.5 Å². The summed E-state index contributed by atoms with van der Waals surface area (Å²) in [6.45, 7) is 5.68. The van der Waals surface area contributed by atoms with Gasteiger partial charge < -0.3 is 20.1 Å². The Labute approximate surface area is 132 Å². The Morgan fingerprint density at radius 2 is 1.95 bits per heavy atom. The van der Waals surface area contributed by atoms with E-state index in [4.69, 9.17) is 0 Å². The van der Waals surface area contributed by atoms with E-state index in [-0.39, 0.29) is 4.83 Å². The molecule has 7 nitrogen and oxygen atoms in total. The molecule has 0 aliphatic carbocycles. The van der Waals surface area contributed by atoms with Crippen LogP contribution in [0.1, 0.15) is 27.2 Å². The molecule has 1 unspecified atom stereocenters.